The Morgan fingerprint density at radius 1 is 1.19 bits per heavy atom. The van der Waals surface area contributed by atoms with E-state index in [1.54, 1.807) is 30.3 Å². The highest BCUT2D eigenvalue weighted by molar-refractivity contribution is 5.94. The molecule has 2 aromatic carbocycles. The van der Waals surface area contributed by atoms with Crippen LogP contribution in [0.4, 0.5) is 4.39 Å². The van der Waals surface area contributed by atoms with Crippen molar-refractivity contribution >= 4 is 5.91 Å². The van der Waals surface area contributed by atoms with Crippen LogP contribution in [0.2, 0.25) is 0 Å². The van der Waals surface area contributed by atoms with Gasteiger partial charge in [-0.3, -0.25) is 4.79 Å². The number of hydrogen-bond donors (Lipinski definition) is 1. The molecular weight excluding hydrogens is 205 g/mol. The van der Waals surface area contributed by atoms with Crippen LogP contribution in [-0.4, -0.2) is 5.91 Å². The average Bonchev–Trinajstić information content (AvgIpc) is 2.30. The molecule has 0 unspecified atom stereocenters. The minimum Gasteiger partial charge on any atom is -0.365 e. The van der Waals surface area contributed by atoms with Gasteiger partial charge in [-0.05, 0) is 11.6 Å². The molecule has 2 nitrogen and oxygen atoms in total. The second kappa shape index (κ2) is 4.14. The summed E-state index contributed by atoms with van der Waals surface area (Å²) >= 11 is 0. The Morgan fingerprint density at radius 3 is 2.50 bits per heavy atom. The van der Waals surface area contributed by atoms with Crippen molar-refractivity contribution in [1.82, 2.24) is 0 Å². The van der Waals surface area contributed by atoms with Gasteiger partial charge < -0.3 is 5.73 Å². The fourth-order valence-electron chi connectivity index (χ4n) is 1.50. The van der Waals surface area contributed by atoms with E-state index >= 15 is 0 Å². The fraction of sp³-hybridized carbons (Fsp3) is 0. The molecule has 16 heavy (non-hydrogen) atoms. The summed E-state index contributed by atoms with van der Waals surface area (Å²) in [6.45, 7) is 0. The monoisotopic (exact) mass is 214 g/mol. The minimum atomic E-state index is -0.810. The fourth-order valence-corrected chi connectivity index (χ4v) is 1.50. The molecule has 2 rings (SSSR count). The first-order valence-corrected chi connectivity index (χ1v) is 4.75. The maximum absolute atomic E-state index is 13.9. The number of amides is 1. The van der Waals surface area contributed by atoms with Gasteiger partial charge in [-0.2, -0.15) is 0 Å². The molecule has 1 amide bonds. The Balaban J connectivity index is 2.59. The molecule has 2 aromatic rings. The molecule has 0 aliphatic rings. The van der Waals surface area contributed by atoms with Crippen LogP contribution in [0.1, 0.15) is 10.4 Å². The van der Waals surface area contributed by atoms with E-state index in [0.29, 0.717) is 11.1 Å². The predicted molar refractivity (Wildman–Crippen MR) is 59.2 cm³/mol. The molecular formula is C13H9FNO. The van der Waals surface area contributed by atoms with Crippen LogP contribution in [0.5, 0.6) is 0 Å². The van der Waals surface area contributed by atoms with Crippen molar-refractivity contribution in [3.05, 3.63) is 59.9 Å². The number of carbonyl (C=O) groups is 1. The van der Waals surface area contributed by atoms with Gasteiger partial charge in [-0.25, -0.2) is 4.39 Å². The molecule has 0 atom stereocenters. The highest BCUT2D eigenvalue weighted by atomic mass is 19.1. The number of primary amides is 1. The molecule has 2 N–H and O–H groups in total. The Hall–Kier alpha value is -2.16. The summed E-state index contributed by atoms with van der Waals surface area (Å²) in [6, 6.07) is 14.5. The SMILES string of the molecule is NC(=O)c1[c]ccc(-c2ccccc2)c1F. The van der Waals surface area contributed by atoms with Crippen molar-refractivity contribution < 1.29 is 9.18 Å². The van der Waals surface area contributed by atoms with E-state index in [0.717, 1.165) is 0 Å². The summed E-state index contributed by atoms with van der Waals surface area (Å²) in [4.78, 5) is 11.0. The van der Waals surface area contributed by atoms with Gasteiger partial charge in [0, 0.05) is 5.56 Å². The molecule has 0 aliphatic heterocycles. The van der Waals surface area contributed by atoms with Gasteiger partial charge in [0.1, 0.15) is 5.82 Å². The van der Waals surface area contributed by atoms with Crippen molar-refractivity contribution in [3.8, 4) is 11.1 Å². The van der Waals surface area contributed by atoms with Crippen molar-refractivity contribution in [2.24, 2.45) is 5.73 Å². The van der Waals surface area contributed by atoms with Gasteiger partial charge in [0.2, 0.25) is 0 Å². The van der Waals surface area contributed by atoms with Gasteiger partial charge in [-0.1, -0.05) is 42.5 Å². The van der Waals surface area contributed by atoms with Gasteiger partial charge in [0.05, 0.1) is 5.56 Å². The third-order valence-corrected chi connectivity index (χ3v) is 2.26. The maximum Gasteiger partial charge on any atom is 0.252 e. The molecule has 0 saturated carbocycles. The van der Waals surface area contributed by atoms with E-state index in [1.807, 2.05) is 6.07 Å². The van der Waals surface area contributed by atoms with Crippen LogP contribution in [0.25, 0.3) is 11.1 Å². The summed E-state index contributed by atoms with van der Waals surface area (Å²) < 4.78 is 13.9. The Morgan fingerprint density at radius 2 is 1.88 bits per heavy atom. The van der Waals surface area contributed by atoms with Gasteiger partial charge >= 0.3 is 0 Å². The first kappa shape index (κ1) is 10.4. The molecule has 1 radical (unpaired) electrons. The standard InChI is InChI=1S/C13H9FNO/c14-12-10(9-5-2-1-3-6-9)7-4-8-11(12)13(15)16/h1-7H,(H2,15,16). The zero-order valence-corrected chi connectivity index (χ0v) is 8.41. The molecule has 0 saturated heterocycles. The van der Waals surface area contributed by atoms with E-state index < -0.39 is 11.7 Å². The number of benzene rings is 2. The first-order valence-electron chi connectivity index (χ1n) is 4.75. The summed E-state index contributed by atoms with van der Waals surface area (Å²) in [5.41, 5.74) is 5.90. The van der Waals surface area contributed by atoms with Crippen molar-refractivity contribution in [1.29, 1.82) is 0 Å². The quantitative estimate of drug-likeness (QED) is 0.819. The molecule has 3 heteroatoms. The highest BCUT2D eigenvalue weighted by Gasteiger charge is 2.13. The maximum atomic E-state index is 13.9. The lowest BCUT2D eigenvalue weighted by molar-refractivity contribution is 0.0996. The van der Waals surface area contributed by atoms with Gasteiger partial charge in [0.15, 0.2) is 0 Å². The number of hydrogen-bond acceptors (Lipinski definition) is 1. The van der Waals surface area contributed by atoms with Crippen LogP contribution < -0.4 is 5.73 Å². The summed E-state index contributed by atoms with van der Waals surface area (Å²) in [5.74, 6) is -1.43. The Kier molecular flexibility index (Phi) is 2.68. The molecule has 0 spiro atoms. The lowest BCUT2D eigenvalue weighted by atomic mass is 10.0. The van der Waals surface area contributed by atoms with Crippen LogP contribution >= 0.6 is 0 Å². The Bertz CT molecular complexity index is 523. The van der Waals surface area contributed by atoms with E-state index in [1.165, 1.54) is 6.07 Å². The summed E-state index contributed by atoms with van der Waals surface area (Å²) in [5, 5.41) is 0. The van der Waals surface area contributed by atoms with Crippen molar-refractivity contribution in [2.75, 3.05) is 0 Å². The van der Waals surface area contributed by atoms with E-state index in [-0.39, 0.29) is 5.56 Å². The van der Waals surface area contributed by atoms with E-state index in [2.05, 4.69) is 6.07 Å². The minimum absolute atomic E-state index is 0.207. The van der Waals surface area contributed by atoms with Crippen molar-refractivity contribution in [2.45, 2.75) is 0 Å². The van der Waals surface area contributed by atoms with Crippen LogP contribution in [0.15, 0.2) is 42.5 Å². The smallest absolute Gasteiger partial charge is 0.252 e. The zero-order valence-electron chi connectivity index (χ0n) is 8.41. The van der Waals surface area contributed by atoms with Gasteiger partial charge in [0.25, 0.3) is 5.91 Å². The zero-order chi connectivity index (χ0) is 11.5. The third-order valence-electron chi connectivity index (χ3n) is 2.26. The molecule has 0 bridgehead atoms. The molecule has 79 valence electrons. The average molecular weight is 214 g/mol. The number of halogens is 1. The predicted octanol–water partition coefficient (Wildman–Crippen LogP) is 2.39. The normalized spacial score (nSPS) is 10.1. The largest absolute Gasteiger partial charge is 0.365 e. The second-order valence-electron chi connectivity index (χ2n) is 3.31. The number of rotatable bonds is 2. The molecule has 0 aromatic heterocycles. The highest BCUT2D eigenvalue weighted by Crippen LogP contribution is 2.24. The Labute approximate surface area is 92.5 Å². The van der Waals surface area contributed by atoms with Gasteiger partial charge in [-0.15, -0.1) is 0 Å². The summed E-state index contributed by atoms with van der Waals surface area (Å²) in [6.07, 6.45) is 0. The summed E-state index contributed by atoms with van der Waals surface area (Å²) in [7, 11) is 0. The van der Waals surface area contributed by atoms with Crippen molar-refractivity contribution in [3.63, 3.8) is 0 Å². The van der Waals surface area contributed by atoms with Crippen LogP contribution in [0.3, 0.4) is 0 Å². The van der Waals surface area contributed by atoms with Crippen LogP contribution in [0, 0.1) is 11.9 Å². The third kappa shape index (κ3) is 1.80. The first-order chi connectivity index (χ1) is 7.70. The molecule has 0 fully saturated rings. The lowest BCUT2D eigenvalue weighted by Gasteiger charge is -2.05. The second-order valence-corrected chi connectivity index (χ2v) is 3.31. The van der Waals surface area contributed by atoms with Crippen LogP contribution in [-0.2, 0) is 0 Å². The van der Waals surface area contributed by atoms with E-state index in [4.69, 9.17) is 5.73 Å². The molecule has 0 heterocycles. The number of nitrogens with two attached hydrogens (primary N) is 1. The number of carbonyl (C=O) groups excluding carboxylic acids is 1. The molecule has 0 aliphatic carbocycles. The topological polar surface area (TPSA) is 43.1 Å². The lowest BCUT2D eigenvalue weighted by Crippen LogP contribution is -2.13. The van der Waals surface area contributed by atoms with E-state index in [9.17, 15) is 9.18 Å².